The molecule has 2 aromatic heterocycles. The lowest BCUT2D eigenvalue weighted by molar-refractivity contribution is -0.113. The van der Waals surface area contributed by atoms with Gasteiger partial charge in [-0.15, -0.1) is 10.2 Å². The summed E-state index contributed by atoms with van der Waals surface area (Å²) in [4.78, 5) is 25.6. The summed E-state index contributed by atoms with van der Waals surface area (Å²) in [5.74, 6) is 0.499. The minimum atomic E-state index is -0.135. The van der Waals surface area contributed by atoms with Crippen molar-refractivity contribution in [3.05, 3.63) is 64.4 Å². The highest BCUT2D eigenvalue weighted by Crippen LogP contribution is 2.22. The van der Waals surface area contributed by atoms with Crippen LogP contribution in [-0.4, -0.2) is 43.5 Å². The molecule has 9 heteroatoms. The second kappa shape index (κ2) is 10.2. The first kappa shape index (κ1) is 23.0. The van der Waals surface area contributed by atoms with Gasteiger partial charge in [-0.2, -0.15) is 0 Å². The Hall–Kier alpha value is -3.17. The van der Waals surface area contributed by atoms with Crippen molar-refractivity contribution in [2.75, 3.05) is 17.7 Å². The van der Waals surface area contributed by atoms with Crippen molar-refractivity contribution in [2.45, 2.75) is 45.0 Å². The van der Waals surface area contributed by atoms with Crippen LogP contribution in [0.5, 0.6) is 0 Å². The van der Waals surface area contributed by atoms with E-state index in [1.165, 1.54) is 11.8 Å². The van der Waals surface area contributed by atoms with Crippen LogP contribution in [0.25, 0.3) is 16.7 Å². The summed E-state index contributed by atoms with van der Waals surface area (Å²) in [5.41, 5.74) is 2.49. The third-order valence-electron chi connectivity index (χ3n) is 5.12. The van der Waals surface area contributed by atoms with Crippen molar-refractivity contribution in [3.63, 3.8) is 0 Å². The van der Waals surface area contributed by atoms with Gasteiger partial charge < -0.3 is 10.1 Å². The number of hydrogen-bond donors (Lipinski definition) is 1. The van der Waals surface area contributed by atoms with E-state index in [0.717, 1.165) is 16.8 Å². The highest BCUT2D eigenvalue weighted by molar-refractivity contribution is 7.99. The van der Waals surface area contributed by atoms with Crippen LogP contribution < -0.4 is 10.9 Å². The number of nitrogens with zero attached hydrogens (tertiary/aromatic N) is 4. The fourth-order valence-electron chi connectivity index (χ4n) is 3.53. The van der Waals surface area contributed by atoms with E-state index in [9.17, 15) is 9.59 Å². The highest BCUT2D eigenvalue weighted by atomic mass is 32.2. The lowest BCUT2D eigenvalue weighted by atomic mass is 10.2. The number of rotatable bonds is 9. The molecule has 0 aliphatic rings. The lowest BCUT2D eigenvalue weighted by Gasteiger charge is -2.12. The van der Waals surface area contributed by atoms with E-state index in [-0.39, 0.29) is 23.3 Å². The zero-order valence-electron chi connectivity index (χ0n) is 18.9. The number of carbonyl (C=O) groups is 1. The van der Waals surface area contributed by atoms with E-state index in [2.05, 4.69) is 15.5 Å². The van der Waals surface area contributed by atoms with Gasteiger partial charge in [-0.25, -0.2) is 0 Å². The average Bonchev–Trinajstić information content (AvgIpc) is 3.22. The van der Waals surface area contributed by atoms with Crippen LogP contribution in [0.1, 0.15) is 25.8 Å². The standard InChI is InChI=1S/C24H27N5O3S/c1-16(2)32-14-6-13-28-22(31)19-7-4-5-8-20(19)29-23(28)26-27-24(29)33-15-21(30)25-18-11-9-17(3)10-12-18/h4-5,7-12,16H,6,13-15H2,1-3H3,(H,25,30). The van der Waals surface area contributed by atoms with Crippen molar-refractivity contribution in [3.8, 4) is 0 Å². The molecule has 1 N–H and O–H groups in total. The molecular weight excluding hydrogens is 438 g/mol. The molecule has 33 heavy (non-hydrogen) atoms. The Labute approximate surface area is 196 Å². The number of anilines is 1. The molecular formula is C24H27N5O3S. The fourth-order valence-corrected chi connectivity index (χ4v) is 4.27. The first-order chi connectivity index (χ1) is 15.9. The van der Waals surface area contributed by atoms with E-state index >= 15 is 0 Å². The molecule has 2 aromatic carbocycles. The van der Waals surface area contributed by atoms with Crippen LogP contribution in [-0.2, 0) is 16.1 Å². The Balaban J connectivity index is 1.59. The molecule has 0 bridgehead atoms. The third kappa shape index (κ3) is 5.26. The molecule has 8 nitrogen and oxygen atoms in total. The number of carbonyl (C=O) groups excluding carboxylic acids is 1. The highest BCUT2D eigenvalue weighted by Gasteiger charge is 2.17. The van der Waals surface area contributed by atoms with Crippen LogP contribution in [0.4, 0.5) is 5.69 Å². The maximum Gasteiger partial charge on any atom is 0.262 e. The SMILES string of the molecule is Cc1ccc(NC(=O)CSc2nnc3n(CCCOC(C)C)c(=O)c4ccccc4n23)cc1. The van der Waals surface area contributed by atoms with E-state index in [1.54, 1.807) is 10.6 Å². The van der Waals surface area contributed by atoms with Gasteiger partial charge in [-0.05, 0) is 51.5 Å². The van der Waals surface area contributed by atoms with Crippen LogP contribution in [0.2, 0.25) is 0 Å². The first-order valence-electron chi connectivity index (χ1n) is 10.9. The van der Waals surface area contributed by atoms with Crippen LogP contribution in [0.3, 0.4) is 0 Å². The number of aryl methyl sites for hydroxylation is 2. The van der Waals surface area contributed by atoms with E-state index in [0.29, 0.717) is 35.9 Å². The maximum atomic E-state index is 13.1. The molecule has 0 aliphatic carbocycles. The Kier molecular flexibility index (Phi) is 7.10. The number of amides is 1. The Morgan fingerprint density at radius 3 is 2.64 bits per heavy atom. The first-order valence-corrected chi connectivity index (χ1v) is 11.9. The molecule has 0 saturated heterocycles. The molecule has 0 spiro atoms. The van der Waals surface area contributed by atoms with Gasteiger partial charge in [0.2, 0.25) is 11.7 Å². The van der Waals surface area contributed by atoms with Crippen molar-refractivity contribution < 1.29 is 9.53 Å². The fraction of sp³-hybridized carbons (Fsp3) is 0.333. The summed E-state index contributed by atoms with van der Waals surface area (Å²) in [6.07, 6.45) is 0.820. The van der Waals surface area contributed by atoms with E-state index in [1.807, 2.05) is 67.6 Å². The molecule has 0 unspecified atom stereocenters. The number of ether oxygens (including phenoxy) is 1. The van der Waals surface area contributed by atoms with Crippen LogP contribution in [0, 0.1) is 6.92 Å². The third-order valence-corrected chi connectivity index (χ3v) is 6.05. The summed E-state index contributed by atoms with van der Waals surface area (Å²) in [5, 5.41) is 12.6. The smallest absolute Gasteiger partial charge is 0.262 e. The molecule has 0 saturated carbocycles. The molecule has 172 valence electrons. The lowest BCUT2D eigenvalue weighted by Crippen LogP contribution is -2.24. The van der Waals surface area contributed by atoms with Gasteiger partial charge in [0.1, 0.15) is 0 Å². The van der Waals surface area contributed by atoms with Gasteiger partial charge >= 0.3 is 0 Å². The average molecular weight is 466 g/mol. The summed E-state index contributed by atoms with van der Waals surface area (Å²) < 4.78 is 9.11. The normalized spacial score (nSPS) is 11.5. The monoisotopic (exact) mass is 465 g/mol. The minimum absolute atomic E-state index is 0.108. The number of thioether (sulfide) groups is 1. The summed E-state index contributed by atoms with van der Waals surface area (Å²) in [6, 6.07) is 15.0. The molecule has 0 fully saturated rings. The molecule has 4 aromatic rings. The topological polar surface area (TPSA) is 90.5 Å². The minimum Gasteiger partial charge on any atom is -0.379 e. The van der Waals surface area contributed by atoms with Crippen molar-refractivity contribution in [1.82, 2.24) is 19.2 Å². The molecule has 0 radical (unpaired) electrons. The number of fused-ring (bicyclic) bond motifs is 3. The van der Waals surface area contributed by atoms with Crippen molar-refractivity contribution in [2.24, 2.45) is 0 Å². The van der Waals surface area contributed by atoms with Gasteiger partial charge in [0.25, 0.3) is 5.56 Å². The summed E-state index contributed by atoms with van der Waals surface area (Å²) in [7, 11) is 0. The number of para-hydroxylation sites is 1. The number of hydrogen-bond acceptors (Lipinski definition) is 6. The van der Waals surface area contributed by atoms with Crippen LogP contribution >= 0.6 is 11.8 Å². The van der Waals surface area contributed by atoms with Crippen LogP contribution in [0.15, 0.2) is 58.5 Å². The van der Waals surface area contributed by atoms with Gasteiger partial charge in [0.05, 0.1) is 22.8 Å². The quantitative estimate of drug-likeness (QED) is 0.298. The Bertz CT molecular complexity index is 1330. The van der Waals surface area contributed by atoms with Gasteiger partial charge in [0, 0.05) is 18.8 Å². The second-order valence-electron chi connectivity index (χ2n) is 8.07. The molecule has 4 rings (SSSR count). The second-order valence-corrected chi connectivity index (χ2v) is 9.01. The Morgan fingerprint density at radius 1 is 1.12 bits per heavy atom. The zero-order chi connectivity index (χ0) is 23.4. The van der Waals surface area contributed by atoms with Gasteiger partial charge in [-0.3, -0.25) is 18.6 Å². The van der Waals surface area contributed by atoms with E-state index in [4.69, 9.17) is 4.74 Å². The molecule has 2 heterocycles. The number of nitrogens with one attached hydrogen (secondary N) is 1. The number of benzene rings is 2. The predicted octanol–water partition coefficient (Wildman–Crippen LogP) is 3.90. The molecule has 1 amide bonds. The maximum absolute atomic E-state index is 13.1. The van der Waals surface area contributed by atoms with Gasteiger partial charge in [0.15, 0.2) is 5.16 Å². The van der Waals surface area contributed by atoms with E-state index < -0.39 is 0 Å². The number of aromatic nitrogens is 4. The molecule has 0 atom stereocenters. The Morgan fingerprint density at radius 2 is 1.88 bits per heavy atom. The van der Waals surface area contributed by atoms with Gasteiger partial charge in [-0.1, -0.05) is 41.6 Å². The summed E-state index contributed by atoms with van der Waals surface area (Å²) in [6.45, 7) is 6.99. The zero-order valence-corrected chi connectivity index (χ0v) is 19.8. The summed E-state index contributed by atoms with van der Waals surface area (Å²) >= 11 is 1.29. The van der Waals surface area contributed by atoms with Crippen molar-refractivity contribution >= 4 is 40.0 Å². The largest absolute Gasteiger partial charge is 0.379 e. The van der Waals surface area contributed by atoms with Crippen molar-refractivity contribution in [1.29, 1.82) is 0 Å². The predicted molar refractivity (Wildman–Crippen MR) is 131 cm³/mol. The molecule has 0 aliphatic heterocycles.